The molecule has 3 N–H and O–H groups in total. The molecule has 0 bridgehead atoms. The van der Waals surface area contributed by atoms with Crippen LogP contribution in [0.15, 0.2) is 41.3 Å². The summed E-state index contributed by atoms with van der Waals surface area (Å²) >= 11 is 12.2. The summed E-state index contributed by atoms with van der Waals surface area (Å²) in [5, 5.41) is 11.7. The van der Waals surface area contributed by atoms with E-state index in [9.17, 15) is 9.18 Å². The minimum Gasteiger partial charge on any atom is -0.324 e. The average molecular weight is 486 g/mol. The van der Waals surface area contributed by atoms with Gasteiger partial charge in [-0.15, -0.1) is 0 Å². The van der Waals surface area contributed by atoms with Crippen LogP contribution in [0.4, 0.5) is 16.0 Å². The number of likely N-dealkylation sites (N-methyl/N-ethyl adjacent to an activating group) is 1. The second kappa shape index (κ2) is 8.26. The molecule has 0 saturated carbocycles. The topological polar surface area (TPSA) is 103 Å². The summed E-state index contributed by atoms with van der Waals surface area (Å²) in [5.74, 6) is -0.372. The van der Waals surface area contributed by atoms with Crippen LogP contribution < -0.4 is 16.5 Å². The number of nitrogens with zero attached hydrogens (tertiary/aromatic N) is 4. The summed E-state index contributed by atoms with van der Waals surface area (Å²) in [5.41, 5.74) is 2.65. The van der Waals surface area contributed by atoms with E-state index in [1.807, 2.05) is 6.07 Å². The van der Waals surface area contributed by atoms with Crippen LogP contribution in [0.1, 0.15) is 11.1 Å². The Morgan fingerprint density at radius 1 is 1.18 bits per heavy atom. The van der Waals surface area contributed by atoms with Crippen molar-refractivity contribution in [3.05, 3.63) is 79.5 Å². The van der Waals surface area contributed by atoms with Gasteiger partial charge >= 0.3 is 5.69 Å². The van der Waals surface area contributed by atoms with Gasteiger partial charge < -0.3 is 10.2 Å². The molecule has 0 amide bonds. The van der Waals surface area contributed by atoms with Gasteiger partial charge in [-0.25, -0.2) is 18.7 Å². The highest BCUT2D eigenvalue weighted by atomic mass is 35.5. The highest BCUT2D eigenvalue weighted by Crippen LogP contribution is 2.28. The van der Waals surface area contributed by atoms with Gasteiger partial charge in [0.05, 0.1) is 21.1 Å². The van der Waals surface area contributed by atoms with Crippen molar-refractivity contribution in [3.63, 3.8) is 0 Å². The zero-order chi connectivity index (χ0) is 23.3. The Balaban J connectivity index is 1.54. The van der Waals surface area contributed by atoms with E-state index in [1.54, 1.807) is 0 Å². The lowest BCUT2D eigenvalue weighted by Crippen LogP contribution is -2.34. The summed E-state index contributed by atoms with van der Waals surface area (Å²) < 4.78 is 14.5. The molecule has 0 aliphatic carbocycles. The highest BCUT2D eigenvalue weighted by molar-refractivity contribution is 6.37. The maximum absolute atomic E-state index is 13.6. The number of aromatic nitrogens is 4. The van der Waals surface area contributed by atoms with E-state index in [0.717, 1.165) is 41.9 Å². The first-order chi connectivity index (χ1) is 15.8. The van der Waals surface area contributed by atoms with E-state index < -0.39 is 11.5 Å². The highest BCUT2D eigenvalue weighted by Gasteiger charge is 2.17. The van der Waals surface area contributed by atoms with Gasteiger partial charge in [0, 0.05) is 25.0 Å². The van der Waals surface area contributed by atoms with Crippen LogP contribution in [0.3, 0.4) is 0 Å². The third kappa shape index (κ3) is 3.99. The number of anilines is 2. The molecule has 0 spiro atoms. The predicted molar refractivity (Wildman–Crippen MR) is 125 cm³/mol. The number of hydrogen-bond donors (Lipinski definition) is 3. The SMILES string of the molecule is CN1CCc2ccc(Nc3ncc4c(=N)n(-c5c(Cl)cc(F)cc5Cl)c(=O)[nH]c4n3)cc2C1. The number of fused-ring (bicyclic) bond motifs is 2. The van der Waals surface area contributed by atoms with Crippen molar-refractivity contribution < 1.29 is 4.39 Å². The van der Waals surface area contributed by atoms with Crippen molar-refractivity contribution in [1.29, 1.82) is 5.41 Å². The van der Waals surface area contributed by atoms with E-state index in [1.165, 1.54) is 17.3 Å². The van der Waals surface area contributed by atoms with Crippen molar-refractivity contribution in [1.82, 2.24) is 24.4 Å². The van der Waals surface area contributed by atoms with E-state index in [2.05, 4.69) is 44.3 Å². The van der Waals surface area contributed by atoms with Gasteiger partial charge in [-0.05, 0) is 48.9 Å². The average Bonchev–Trinajstić information content (AvgIpc) is 2.75. The molecule has 11 heteroatoms. The molecule has 0 atom stereocenters. The van der Waals surface area contributed by atoms with Crippen molar-refractivity contribution in [2.75, 3.05) is 18.9 Å². The Labute approximate surface area is 197 Å². The Hall–Kier alpha value is -3.27. The molecule has 1 aliphatic heterocycles. The molecule has 2 aromatic heterocycles. The van der Waals surface area contributed by atoms with Gasteiger partial charge in [-0.2, -0.15) is 4.98 Å². The summed E-state index contributed by atoms with van der Waals surface area (Å²) in [7, 11) is 2.09. The van der Waals surface area contributed by atoms with Gasteiger partial charge in [0.2, 0.25) is 5.95 Å². The Morgan fingerprint density at radius 2 is 1.94 bits per heavy atom. The minimum atomic E-state index is -0.690. The maximum Gasteiger partial charge on any atom is 0.333 e. The van der Waals surface area contributed by atoms with Gasteiger partial charge in [-0.1, -0.05) is 29.3 Å². The molecule has 33 heavy (non-hydrogen) atoms. The van der Waals surface area contributed by atoms with Crippen LogP contribution in [0.25, 0.3) is 16.7 Å². The van der Waals surface area contributed by atoms with Crippen LogP contribution in [-0.2, 0) is 13.0 Å². The molecule has 168 valence electrons. The number of nitrogens with one attached hydrogen (secondary N) is 3. The second-order valence-electron chi connectivity index (χ2n) is 7.88. The third-order valence-electron chi connectivity index (χ3n) is 5.57. The standard InChI is InChI=1S/C22H18Cl2FN7O/c1-31-5-4-11-2-3-14(6-12(11)10-31)28-21-27-9-15-19(26)32(22(33)30-20(15)29-21)18-16(23)7-13(25)8-17(18)24/h2-3,6-9,26H,4-5,10H2,1H3,(H2,27,28,29,30,33). The van der Waals surface area contributed by atoms with Gasteiger partial charge in [-0.3, -0.25) is 10.4 Å². The molecule has 0 saturated heterocycles. The molecule has 5 rings (SSSR count). The number of H-pyrrole nitrogens is 1. The molecule has 1 aliphatic rings. The molecule has 0 fully saturated rings. The molecule has 2 aromatic carbocycles. The molecule has 0 radical (unpaired) electrons. The van der Waals surface area contributed by atoms with Gasteiger partial charge in [0.25, 0.3) is 0 Å². The zero-order valence-corrected chi connectivity index (χ0v) is 18.9. The fourth-order valence-corrected chi connectivity index (χ4v) is 4.59. The smallest absolute Gasteiger partial charge is 0.324 e. The number of halogens is 3. The van der Waals surface area contributed by atoms with E-state index >= 15 is 0 Å². The van der Waals surface area contributed by atoms with Crippen LogP contribution in [-0.4, -0.2) is 38.0 Å². The van der Waals surface area contributed by atoms with Crippen molar-refractivity contribution in [3.8, 4) is 5.69 Å². The van der Waals surface area contributed by atoms with Crippen molar-refractivity contribution in [2.24, 2.45) is 0 Å². The molecular formula is C22H18Cl2FN7O. The lowest BCUT2D eigenvalue weighted by atomic mass is 9.99. The number of hydrogen-bond acceptors (Lipinski definition) is 6. The van der Waals surface area contributed by atoms with Gasteiger partial charge in [0.1, 0.15) is 11.3 Å². The maximum atomic E-state index is 13.6. The largest absolute Gasteiger partial charge is 0.333 e. The Morgan fingerprint density at radius 3 is 2.70 bits per heavy atom. The monoisotopic (exact) mass is 485 g/mol. The van der Waals surface area contributed by atoms with E-state index in [-0.39, 0.29) is 38.2 Å². The van der Waals surface area contributed by atoms with Crippen LogP contribution in [0.2, 0.25) is 10.0 Å². The fourth-order valence-electron chi connectivity index (χ4n) is 3.96. The number of benzene rings is 2. The minimum absolute atomic E-state index is 0.00844. The van der Waals surface area contributed by atoms with E-state index in [0.29, 0.717) is 0 Å². The summed E-state index contributed by atoms with van der Waals surface area (Å²) in [6.45, 7) is 1.90. The first-order valence-corrected chi connectivity index (χ1v) is 10.8. The summed E-state index contributed by atoms with van der Waals surface area (Å²) in [4.78, 5) is 26.3. The lowest BCUT2D eigenvalue weighted by molar-refractivity contribution is 0.313. The quantitative estimate of drug-likeness (QED) is 0.409. The predicted octanol–water partition coefficient (Wildman–Crippen LogP) is 3.77. The molecule has 0 unspecified atom stereocenters. The first-order valence-electron chi connectivity index (χ1n) is 10.1. The Bertz CT molecular complexity index is 1510. The third-order valence-corrected chi connectivity index (χ3v) is 6.14. The second-order valence-corrected chi connectivity index (χ2v) is 8.70. The number of rotatable bonds is 3. The lowest BCUT2D eigenvalue weighted by Gasteiger charge is -2.25. The number of aromatic amines is 1. The van der Waals surface area contributed by atoms with Crippen LogP contribution in [0.5, 0.6) is 0 Å². The molecular weight excluding hydrogens is 468 g/mol. The summed E-state index contributed by atoms with van der Waals surface area (Å²) in [6, 6.07) is 8.18. The zero-order valence-electron chi connectivity index (χ0n) is 17.4. The van der Waals surface area contributed by atoms with Crippen molar-refractivity contribution in [2.45, 2.75) is 13.0 Å². The fraction of sp³-hybridized carbons (Fsp3) is 0.182. The van der Waals surface area contributed by atoms with E-state index in [4.69, 9.17) is 28.6 Å². The Kier molecular flexibility index (Phi) is 5.40. The molecule has 8 nitrogen and oxygen atoms in total. The normalized spacial score (nSPS) is 13.8. The molecule has 3 heterocycles. The first kappa shape index (κ1) is 21.6. The molecule has 4 aromatic rings. The summed E-state index contributed by atoms with van der Waals surface area (Å²) in [6.07, 6.45) is 2.44. The van der Waals surface area contributed by atoms with Crippen LogP contribution >= 0.6 is 23.2 Å². The van der Waals surface area contributed by atoms with Crippen LogP contribution in [0, 0.1) is 11.2 Å². The van der Waals surface area contributed by atoms with Gasteiger partial charge in [0.15, 0.2) is 5.65 Å². The van der Waals surface area contributed by atoms with Crippen molar-refractivity contribution >= 4 is 45.9 Å².